The van der Waals surface area contributed by atoms with E-state index < -0.39 is 0 Å². The van der Waals surface area contributed by atoms with Crippen LogP contribution in [0.1, 0.15) is 47.2 Å². The van der Waals surface area contributed by atoms with Crippen molar-refractivity contribution in [1.29, 1.82) is 0 Å². The number of hydrogen-bond donors (Lipinski definition) is 0. The molecule has 2 saturated heterocycles. The molecule has 0 saturated carbocycles. The van der Waals surface area contributed by atoms with Crippen LogP contribution in [0.2, 0.25) is 0 Å². The van der Waals surface area contributed by atoms with Crippen LogP contribution in [-0.4, -0.2) is 52.8 Å². The van der Waals surface area contributed by atoms with Crippen LogP contribution in [0.15, 0.2) is 72.9 Å². The molecule has 0 aliphatic carbocycles. The van der Waals surface area contributed by atoms with Crippen molar-refractivity contribution in [3.63, 3.8) is 0 Å². The number of nitrogens with zero attached hydrogens (tertiary/aromatic N) is 3. The number of carbonyl (C=O) groups is 2. The molecule has 2 aliphatic heterocycles. The second kappa shape index (κ2) is 11.1. The van der Waals surface area contributed by atoms with Gasteiger partial charge in [-0.15, -0.1) is 0 Å². The highest BCUT2D eigenvalue weighted by Crippen LogP contribution is 2.29. The molecule has 3 heterocycles. The minimum atomic E-state index is 0.00831. The molecule has 2 aromatic carbocycles. The molecule has 2 fully saturated rings. The standard InChI is InChI=1S/C31H35N3O2/c1-23-8-5-6-11-27(23)29-28(12-7-17-32-29)31(36)34-20-15-26(16-21-34)30(35)33-18-13-25(14-19-33)22-24-9-3-2-4-10-24/h2-12,17,25-26H,13-16,18-22H2,1H3. The normalized spacial score (nSPS) is 17.2. The molecule has 0 radical (unpaired) electrons. The molecule has 5 nitrogen and oxygen atoms in total. The minimum absolute atomic E-state index is 0.00831. The van der Waals surface area contributed by atoms with Crippen molar-refractivity contribution in [2.24, 2.45) is 11.8 Å². The van der Waals surface area contributed by atoms with Crippen LogP contribution in [0.5, 0.6) is 0 Å². The first kappa shape index (κ1) is 24.2. The van der Waals surface area contributed by atoms with Gasteiger partial charge in [0, 0.05) is 43.9 Å². The Kier molecular flexibility index (Phi) is 7.45. The summed E-state index contributed by atoms with van der Waals surface area (Å²) in [6, 6.07) is 22.4. The topological polar surface area (TPSA) is 53.5 Å². The van der Waals surface area contributed by atoms with Crippen LogP contribution in [0.25, 0.3) is 11.3 Å². The Morgan fingerprint density at radius 2 is 1.47 bits per heavy atom. The second-order valence-corrected chi connectivity index (χ2v) is 10.2. The Morgan fingerprint density at radius 1 is 0.806 bits per heavy atom. The predicted octanol–water partition coefficient (Wildman–Crippen LogP) is 5.39. The van der Waals surface area contributed by atoms with Crippen molar-refractivity contribution in [2.75, 3.05) is 26.2 Å². The molecule has 0 atom stereocenters. The molecule has 0 unspecified atom stereocenters. The van der Waals surface area contributed by atoms with Crippen molar-refractivity contribution >= 4 is 11.8 Å². The van der Waals surface area contributed by atoms with Crippen molar-refractivity contribution in [3.05, 3.63) is 89.6 Å². The van der Waals surface area contributed by atoms with Crippen LogP contribution in [0.3, 0.4) is 0 Å². The van der Waals surface area contributed by atoms with E-state index in [0.29, 0.717) is 24.6 Å². The Balaban J connectivity index is 1.16. The lowest BCUT2D eigenvalue weighted by molar-refractivity contribution is -0.138. The first-order chi connectivity index (χ1) is 17.6. The fraction of sp³-hybridized carbons (Fsp3) is 0.387. The Morgan fingerprint density at radius 3 is 2.19 bits per heavy atom. The van der Waals surface area contributed by atoms with Crippen LogP contribution in [0.4, 0.5) is 0 Å². The molecule has 2 aliphatic rings. The molecule has 0 N–H and O–H groups in total. The average molecular weight is 482 g/mol. The average Bonchev–Trinajstić information content (AvgIpc) is 2.94. The van der Waals surface area contributed by atoms with Crippen LogP contribution < -0.4 is 0 Å². The van der Waals surface area contributed by atoms with Gasteiger partial charge < -0.3 is 9.80 Å². The summed E-state index contributed by atoms with van der Waals surface area (Å²) in [5.41, 5.74) is 4.84. The first-order valence-electron chi connectivity index (χ1n) is 13.2. The summed E-state index contributed by atoms with van der Waals surface area (Å²) in [6.45, 7) is 4.97. The molecule has 186 valence electrons. The van der Waals surface area contributed by atoms with Gasteiger partial charge >= 0.3 is 0 Å². The summed E-state index contributed by atoms with van der Waals surface area (Å²) in [4.78, 5) is 35.2. The zero-order valence-electron chi connectivity index (χ0n) is 21.1. The summed E-state index contributed by atoms with van der Waals surface area (Å²) in [7, 11) is 0. The Bertz CT molecular complexity index is 1190. The lowest BCUT2D eigenvalue weighted by Gasteiger charge is -2.37. The maximum Gasteiger partial charge on any atom is 0.256 e. The van der Waals surface area contributed by atoms with Gasteiger partial charge in [0.25, 0.3) is 5.91 Å². The van der Waals surface area contributed by atoms with Crippen molar-refractivity contribution in [3.8, 4) is 11.3 Å². The Labute approximate surface area is 214 Å². The zero-order chi connectivity index (χ0) is 24.9. The quantitative estimate of drug-likeness (QED) is 0.491. The molecular weight excluding hydrogens is 446 g/mol. The van der Waals surface area contributed by atoms with Gasteiger partial charge in [-0.2, -0.15) is 0 Å². The number of benzene rings is 2. The molecule has 5 heteroatoms. The highest BCUT2D eigenvalue weighted by molar-refractivity contribution is 6.00. The zero-order valence-corrected chi connectivity index (χ0v) is 21.1. The number of amides is 2. The lowest BCUT2D eigenvalue weighted by atomic mass is 9.88. The van der Waals surface area contributed by atoms with Gasteiger partial charge in [0.05, 0.1) is 11.3 Å². The third-order valence-electron chi connectivity index (χ3n) is 7.86. The van der Waals surface area contributed by atoms with Gasteiger partial charge in [0.15, 0.2) is 0 Å². The number of pyridine rings is 1. The monoisotopic (exact) mass is 481 g/mol. The number of hydrogen-bond acceptors (Lipinski definition) is 3. The highest BCUT2D eigenvalue weighted by Gasteiger charge is 2.33. The highest BCUT2D eigenvalue weighted by atomic mass is 16.2. The van der Waals surface area contributed by atoms with E-state index in [4.69, 9.17) is 0 Å². The third-order valence-corrected chi connectivity index (χ3v) is 7.86. The van der Waals surface area contributed by atoms with Gasteiger partial charge in [0.2, 0.25) is 5.91 Å². The predicted molar refractivity (Wildman–Crippen MR) is 142 cm³/mol. The number of aromatic nitrogens is 1. The maximum atomic E-state index is 13.5. The molecule has 1 aromatic heterocycles. The number of rotatable bonds is 5. The SMILES string of the molecule is Cc1ccccc1-c1ncccc1C(=O)N1CCC(C(=O)N2CCC(Cc3ccccc3)CC2)CC1. The van der Waals surface area contributed by atoms with E-state index >= 15 is 0 Å². The summed E-state index contributed by atoms with van der Waals surface area (Å²) >= 11 is 0. The molecule has 0 bridgehead atoms. The van der Waals surface area contributed by atoms with E-state index in [0.717, 1.165) is 62.0 Å². The molecule has 2 amide bonds. The van der Waals surface area contributed by atoms with E-state index in [1.165, 1.54) is 5.56 Å². The van der Waals surface area contributed by atoms with Gasteiger partial charge in [-0.3, -0.25) is 14.6 Å². The van der Waals surface area contributed by atoms with Crippen molar-refractivity contribution in [1.82, 2.24) is 14.8 Å². The van der Waals surface area contributed by atoms with E-state index in [1.54, 1.807) is 6.20 Å². The van der Waals surface area contributed by atoms with E-state index in [1.807, 2.05) is 48.2 Å². The smallest absolute Gasteiger partial charge is 0.256 e. The molecule has 3 aromatic rings. The fourth-order valence-electron chi connectivity index (χ4n) is 5.69. The van der Waals surface area contributed by atoms with Gasteiger partial charge in [-0.05, 0) is 68.2 Å². The number of piperidine rings is 2. The number of carbonyl (C=O) groups excluding carboxylic acids is 2. The van der Waals surface area contributed by atoms with Gasteiger partial charge in [0.1, 0.15) is 0 Å². The van der Waals surface area contributed by atoms with E-state index in [2.05, 4.69) is 40.2 Å². The Hall–Kier alpha value is -3.47. The number of likely N-dealkylation sites (tertiary alicyclic amines) is 2. The van der Waals surface area contributed by atoms with Crippen LogP contribution in [-0.2, 0) is 11.2 Å². The second-order valence-electron chi connectivity index (χ2n) is 10.2. The molecule has 5 rings (SSSR count). The summed E-state index contributed by atoms with van der Waals surface area (Å²) in [6.07, 6.45) is 6.44. The summed E-state index contributed by atoms with van der Waals surface area (Å²) < 4.78 is 0. The summed E-state index contributed by atoms with van der Waals surface area (Å²) in [5, 5.41) is 0. The summed E-state index contributed by atoms with van der Waals surface area (Å²) in [5.74, 6) is 0.957. The van der Waals surface area contributed by atoms with Gasteiger partial charge in [-0.25, -0.2) is 0 Å². The fourth-order valence-corrected chi connectivity index (χ4v) is 5.69. The van der Waals surface area contributed by atoms with Crippen LogP contribution >= 0.6 is 0 Å². The van der Waals surface area contributed by atoms with Gasteiger partial charge in [-0.1, -0.05) is 54.6 Å². The van der Waals surface area contributed by atoms with Crippen LogP contribution in [0, 0.1) is 18.8 Å². The lowest BCUT2D eigenvalue weighted by Crippen LogP contribution is -2.46. The maximum absolute atomic E-state index is 13.5. The largest absolute Gasteiger partial charge is 0.342 e. The van der Waals surface area contributed by atoms with Crippen molar-refractivity contribution < 1.29 is 9.59 Å². The molecule has 36 heavy (non-hydrogen) atoms. The van der Waals surface area contributed by atoms with E-state index in [-0.39, 0.29) is 17.7 Å². The molecule has 0 spiro atoms. The minimum Gasteiger partial charge on any atom is -0.342 e. The first-order valence-corrected chi connectivity index (χ1v) is 13.2. The molecular formula is C31H35N3O2. The van der Waals surface area contributed by atoms with Crippen molar-refractivity contribution in [2.45, 2.75) is 39.0 Å². The van der Waals surface area contributed by atoms with E-state index in [9.17, 15) is 9.59 Å². The third kappa shape index (κ3) is 5.35. The number of aryl methyl sites for hydroxylation is 1.